The van der Waals surface area contributed by atoms with Gasteiger partial charge in [0.1, 0.15) is 0 Å². The van der Waals surface area contributed by atoms with Crippen LogP contribution in [-0.2, 0) is 5.41 Å². The number of para-hydroxylation sites is 2. The number of fused-ring (bicyclic) bond motifs is 13. The molecule has 0 fully saturated rings. The van der Waals surface area contributed by atoms with Crippen LogP contribution in [0.3, 0.4) is 0 Å². The van der Waals surface area contributed by atoms with Crippen LogP contribution in [0.25, 0.3) is 31.3 Å². The molecule has 41 heavy (non-hydrogen) atoms. The van der Waals surface area contributed by atoms with E-state index in [-0.39, 0.29) is 0 Å². The molecule has 1 aliphatic carbocycles. The summed E-state index contributed by atoms with van der Waals surface area (Å²) in [5.41, 5.74) is 10.9. The smallest absolute Gasteiger partial charge is 0.0755 e. The van der Waals surface area contributed by atoms with Crippen molar-refractivity contribution in [3.8, 4) is 11.1 Å². The molecule has 1 nitrogen and oxygen atoms in total. The van der Waals surface area contributed by atoms with E-state index in [4.69, 9.17) is 11.6 Å². The monoisotopic (exact) mass is 625 g/mol. The zero-order chi connectivity index (χ0) is 27.3. The number of nitrogens with zero attached hydrogens (tertiary/aromatic N) is 1. The van der Waals surface area contributed by atoms with Crippen LogP contribution in [-0.4, -0.2) is 0 Å². The summed E-state index contributed by atoms with van der Waals surface area (Å²) in [7, 11) is 0. The van der Waals surface area contributed by atoms with Crippen molar-refractivity contribution in [2.45, 2.75) is 5.41 Å². The average molecular weight is 627 g/mol. The maximum absolute atomic E-state index is 6.50. The molecule has 0 saturated carbocycles. The summed E-state index contributed by atoms with van der Waals surface area (Å²) in [6.45, 7) is 0. The molecule has 9 rings (SSSR count). The van der Waals surface area contributed by atoms with Gasteiger partial charge in [0.05, 0.1) is 21.5 Å². The van der Waals surface area contributed by atoms with Crippen molar-refractivity contribution in [2.24, 2.45) is 0 Å². The fraction of sp³-hybridized carbons (Fsp3) is 0.0270. The number of rotatable bonds is 1. The Labute approximate surface area is 255 Å². The third-order valence-electron chi connectivity index (χ3n) is 8.79. The van der Waals surface area contributed by atoms with Gasteiger partial charge in [-0.25, -0.2) is 0 Å². The van der Waals surface area contributed by atoms with Gasteiger partial charge in [-0.3, -0.25) is 0 Å². The van der Waals surface area contributed by atoms with Crippen LogP contribution >= 0.6 is 38.9 Å². The fourth-order valence-electron chi connectivity index (χ4n) is 7.28. The molecule has 0 unspecified atom stereocenters. The maximum atomic E-state index is 6.50. The van der Waals surface area contributed by atoms with Gasteiger partial charge in [-0.05, 0) is 79.6 Å². The molecule has 2 aliphatic rings. The van der Waals surface area contributed by atoms with Crippen LogP contribution in [0.2, 0.25) is 5.02 Å². The predicted molar refractivity (Wildman–Crippen MR) is 178 cm³/mol. The minimum Gasteiger partial charge on any atom is -0.307 e. The van der Waals surface area contributed by atoms with E-state index in [0.717, 1.165) is 15.2 Å². The van der Waals surface area contributed by atoms with Crippen molar-refractivity contribution in [1.29, 1.82) is 0 Å². The molecule has 1 spiro atoms. The summed E-state index contributed by atoms with van der Waals surface area (Å²) in [5, 5.41) is 3.26. The highest BCUT2D eigenvalue weighted by Gasteiger charge is 2.52. The van der Waals surface area contributed by atoms with E-state index in [0.29, 0.717) is 0 Å². The van der Waals surface area contributed by atoms with E-state index in [1.54, 1.807) is 0 Å². The van der Waals surface area contributed by atoms with Gasteiger partial charge in [-0.1, -0.05) is 109 Å². The summed E-state index contributed by atoms with van der Waals surface area (Å²) in [4.78, 5) is 2.48. The SMILES string of the molecule is Clc1ccc2c(c1)sc1c3c(ccc12)C1(c2ccccc2-c2ccccc21)c1cccc(Br)c1N3c1ccccc1. The van der Waals surface area contributed by atoms with Crippen LogP contribution in [0, 0.1) is 0 Å². The normalized spacial score (nSPS) is 14.2. The zero-order valence-corrected chi connectivity index (χ0v) is 24.9. The Morgan fingerprint density at radius 1 is 0.585 bits per heavy atom. The summed E-state index contributed by atoms with van der Waals surface area (Å²) in [5.74, 6) is 0. The lowest BCUT2D eigenvalue weighted by Crippen LogP contribution is -2.36. The second-order valence-electron chi connectivity index (χ2n) is 10.7. The molecular formula is C37H21BrClNS. The topological polar surface area (TPSA) is 3.24 Å². The largest absolute Gasteiger partial charge is 0.307 e. The summed E-state index contributed by atoms with van der Waals surface area (Å²) < 4.78 is 3.55. The second-order valence-corrected chi connectivity index (χ2v) is 13.1. The second kappa shape index (κ2) is 8.56. The highest BCUT2D eigenvalue weighted by Crippen LogP contribution is 2.65. The van der Waals surface area contributed by atoms with Gasteiger partial charge in [-0.15, -0.1) is 11.3 Å². The summed E-state index contributed by atoms with van der Waals surface area (Å²) in [6, 6.07) is 46.4. The molecule has 0 N–H and O–H groups in total. The quantitative estimate of drug-likeness (QED) is 0.175. The van der Waals surface area contributed by atoms with Crippen LogP contribution in [0.5, 0.6) is 0 Å². The third kappa shape index (κ3) is 3.01. The lowest BCUT2D eigenvalue weighted by atomic mass is 9.64. The lowest BCUT2D eigenvalue weighted by molar-refractivity contribution is 0.754. The Hall–Kier alpha value is -3.89. The molecule has 2 heterocycles. The van der Waals surface area contributed by atoms with E-state index in [9.17, 15) is 0 Å². The molecule has 4 heteroatoms. The standard InChI is InChI=1S/C37H21BrClNS/c38-32-16-8-15-30-34(32)40(23-9-2-1-3-10-23)35-31(20-19-27-26-18-17-22(39)21-33(26)41-36(27)35)37(30)28-13-6-4-11-24(28)25-12-5-7-14-29(25)37/h1-21H. The zero-order valence-electron chi connectivity index (χ0n) is 21.7. The van der Waals surface area contributed by atoms with Crippen molar-refractivity contribution >= 4 is 76.1 Å². The Kier molecular flexibility index (Phi) is 4.96. The molecule has 7 aromatic rings. The lowest BCUT2D eigenvalue weighted by Gasteiger charge is -2.45. The first-order valence-electron chi connectivity index (χ1n) is 13.7. The van der Waals surface area contributed by atoms with E-state index in [2.05, 4.69) is 142 Å². The molecule has 1 aromatic heterocycles. The summed E-state index contributed by atoms with van der Waals surface area (Å²) in [6.07, 6.45) is 0. The number of halogens is 2. The van der Waals surface area contributed by atoms with Gasteiger partial charge >= 0.3 is 0 Å². The first kappa shape index (κ1) is 23.8. The molecule has 0 radical (unpaired) electrons. The van der Waals surface area contributed by atoms with Crippen LogP contribution in [0.4, 0.5) is 17.1 Å². The van der Waals surface area contributed by atoms with E-state index < -0.39 is 5.41 Å². The molecule has 0 bridgehead atoms. The van der Waals surface area contributed by atoms with Gasteiger partial charge in [0.15, 0.2) is 0 Å². The Morgan fingerprint density at radius 2 is 1.22 bits per heavy atom. The van der Waals surface area contributed by atoms with Crippen LogP contribution in [0.15, 0.2) is 132 Å². The van der Waals surface area contributed by atoms with Crippen molar-refractivity contribution < 1.29 is 0 Å². The average Bonchev–Trinajstić information content (AvgIpc) is 3.52. The van der Waals surface area contributed by atoms with Crippen molar-refractivity contribution in [1.82, 2.24) is 0 Å². The fourth-order valence-corrected chi connectivity index (χ4v) is 9.34. The number of benzene rings is 6. The van der Waals surface area contributed by atoms with Gasteiger partial charge in [0, 0.05) is 30.7 Å². The van der Waals surface area contributed by atoms with Crippen molar-refractivity contribution in [3.05, 3.63) is 159 Å². The highest BCUT2D eigenvalue weighted by atomic mass is 79.9. The molecule has 194 valence electrons. The van der Waals surface area contributed by atoms with Crippen molar-refractivity contribution in [2.75, 3.05) is 4.90 Å². The third-order valence-corrected chi connectivity index (χ3v) is 10.8. The molecule has 6 aromatic carbocycles. The molecular weight excluding hydrogens is 606 g/mol. The molecule has 0 atom stereocenters. The van der Waals surface area contributed by atoms with Crippen LogP contribution in [0.1, 0.15) is 22.3 Å². The minimum atomic E-state index is -0.463. The Balaban J connectivity index is 1.54. The Morgan fingerprint density at radius 3 is 1.98 bits per heavy atom. The summed E-state index contributed by atoms with van der Waals surface area (Å²) >= 11 is 12.4. The van der Waals surface area contributed by atoms with Gasteiger partial charge in [0.25, 0.3) is 0 Å². The molecule has 0 amide bonds. The highest BCUT2D eigenvalue weighted by molar-refractivity contribution is 9.10. The predicted octanol–water partition coefficient (Wildman–Crippen LogP) is 11.6. The van der Waals surface area contributed by atoms with E-state index in [1.165, 1.54) is 64.9 Å². The first-order chi connectivity index (χ1) is 20.2. The van der Waals surface area contributed by atoms with E-state index in [1.807, 2.05) is 17.4 Å². The molecule has 1 aliphatic heterocycles. The number of hydrogen-bond acceptors (Lipinski definition) is 2. The van der Waals surface area contributed by atoms with Crippen molar-refractivity contribution in [3.63, 3.8) is 0 Å². The number of thiophene rings is 1. The van der Waals surface area contributed by atoms with E-state index >= 15 is 0 Å². The first-order valence-corrected chi connectivity index (χ1v) is 15.7. The molecule has 0 saturated heterocycles. The Bertz CT molecular complexity index is 2150. The minimum absolute atomic E-state index is 0.463. The maximum Gasteiger partial charge on any atom is 0.0755 e. The van der Waals surface area contributed by atoms with Gasteiger partial charge in [0.2, 0.25) is 0 Å². The van der Waals surface area contributed by atoms with Gasteiger partial charge < -0.3 is 4.90 Å². The number of hydrogen-bond donors (Lipinski definition) is 0. The van der Waals surface area contributed by atoms with Gasteiger partial charge in [-0.2, -0.15) is 0 Å². The number of anilines is 3. The van der Waals surface area contributed by atoms with Crippen LogP contribution < -0.4 is 4.90 Å².